The van der Waals surface area contributed by atoms with E-state index in [1.807, 2.05) is 13.8 Å². The number of amides is 2. The van der Waals surface area contributed by atoms with Crippen LogP contribution < -0.4 is 16.4 Å². The van der Waals surface area contributed by atoms with E-state index in [4.69, 9.17) is 17.3 Å². The number of rotatable bonds is 5. The Morgan fingerprint density at radius 3 is 2.58 bits per heavy atom. The first kappa shape index (κ1) is 20.7. The number of carbonyl (C=O) groups is 2. The lowest BCUT2D eigenvalue weighted by Gasteiger charge is -2.13. The summed E-state index contributed by atoms with van der Waals surface area (Å²) in [6.07, 6.45) is 2.42. The molecule has 134 valence electrons. The lowest BCUT2D eigenvalue weighted by atomic mass is 10.1. The van der Waals surface area contributed by atoms with Crippen molar-refractivity contribution < 1.29 is 9.59 Å². The summed E-state index contributed by atoms with van der Waals surface area (Å²) in [4.78, 5) is 24.2. The Morgan fingerprint density at radius 1 is 1.33 bits per heavy atom. The zero-order valence-electron chi connectivity index (χ0n) is 14.0. The van der Waals surface area contributed by atoms with E-state index < -0.39 is 0 Å². The molecule has 0 saturated heterocycles. The number of hydrogen-bond acceptors (Lipinski definition) is 3. The van der Waals surface area contributed by atoms with Crippen LogP contribution in [0.4, 0.5) is 5.69 Å². The Hall–Kier alpha value is -1.30. The minimum atomic E-state index is -0.205. The number of carbonyl (C=O) groups excluding carboxylic acids is 2. The summed E-state index contributed by atoms with van der Waals surface area (Å²) in [5.74, 6) is 0.0845. The summed E-state index contributed by atoms with van der Waals surface area (Å²) in [5.41, 5.74) is 6.85. The van der Waals surface area contributed by atoms with E-state index in [0.717, 1.165) is 19.3 Å². The SMILES string of the molecule is CC(C)CNC(=O)c1ccc(NC(=O)C2CCC(N)C2)cc1Cl.Cl. The van der Waals surface area contributed by atoms with E-state index in [1.54, 1.807) is 18.2 Å². The van der Waals surface area contributed by atoms with Gasteiger partial charge >= 0.3 is 0 Å². The molecule has 2 rings (SSSR count). The maximum Gasteiger partial charge on any atom is 0.252 e. The molecule has 0 aromatic heterocycles. The molecular formula is C17H25Cl2N3O2. The summed E-state index contributed by atoms with van der Waals surface area (Å²) in [7, 11) is 0. The van der Waals surface area contributed by atoms with Crippen LogP contribution in [-0.4, -0.2) is 24.4 Å². The van der Waals surface area contributed by atoms with E-state index in [2.05, 4.69) is 10.6 Å². The van der Waals surface area contributed by atoms with Crippen LogP contribution in [0.3, 0.4) is 0 Å². The van der Waals surface area contributed by atoms with Crippen LogP contribution >= 0.6 is 24.0 Å². The number of halogens is 2. The molecule has 1 aliphatic rings. The highest BCUT2D eigenvalue weighted by Gasteiger charge is 2.27. The van der Waals surface area contributed by atoms with Crippen LogP contribution in [0.15, 0.2) is 18.2 Å². The molecule has 2 unspecified atom stereocenters. The lowest BCUT2D eigenvalue weighted by Crippen LogP contribution is -2.27. The normalized spacial score (nSPS) is 19.7. The second-order valence-corrected chi connectivity index (χ2v) is 6.97. The van der Waals surface area contributed by atoms with E-state index in [0.29, 0.717) is 28.7 Å². The Balaban J connectivity index is 0.00000288. The van der Waals surface area contributed by atoms with Gasteiger partial charge in [0.15, 0.2) is 0 Å². The number of nitrogens with two attached hydrogens (primary N) is 1. The van der Waals surface area contributed by atoms with E-state index in [-0.39, 0.29) is 36.2 Å². The molecular weight excluding hydrogens is 349 g/mol. The summed E-state index contributed by atoms with van der Waals surface area (Å²) in [6.45, 7) is 4.64. The minimum absolute atomic E-state index is 0. The first-order chi connectivity index (χ1) is 10.9. The van der Waals surface area contributed by atoms with Crippen molar-refractivity contribution in [3.05, 3.63) is 28.8 Å². The Kier molecular flexibility index (Phi) is 8.00. The molecule has 0 aliphatic heterocycles. The molecule has 2 amide bonds. The largest absolute Gasteiger partial charge is 0.352 e. The monoisotopic (exact) mass is 373 g/mol. The van der Waals surface area contributed by atoms with E-state index >= 15 is 0 Å². The highest BCUT2D eigenvalue weighted by molar-refractivity contribution is 6.34. The van der Waals surface area contributed by atoms with Gasteiger partial charge in [0.1, 0.15) is 0 Å². The lowest BCUT2D eigenvalue weighted by molar-refractivity contribution is -0.119. The summed E-state index contributed by atoms with van der Waals surface area (Å²) in [6, 6.07) is 5.05. The minimum Gasteiger partial charge on any atom is -0.352 e. The van der Waals surface area contributed by atoms with E-state index in [1.165, 1.54) is 0 Å². The van der Waals surface area contributed by atoms with Gasteiger partial charge in [-0.05, 0) is 43.4 Å². The van der Waals surface area contributed by atoms with Crippen LogP contribution in [0.2, 0.25) is 5.02 Å². The Bertz CT molecular complexity index is 593. The molecule has 1 fully saturated rings. The standard InChI is InChI=1S/C17H24ClN3O2.ClH/c1-10(2)9-20-17(23)14-6-5-13(8-15(14)18)21-16(22)11-3-4-12(19)7-11;/h5-6,8,10-12H,3-4,7,9,19H2,1-2H3,(H,20,23)(H,21,22);1H. The fourth-order valence-electron chi connectivity index (χ4n) is 2.67. The molecule has 0 heterocycles. The fraction of sp³-hybridized carbons (Fsp3) is 0.529. The van der Waals surface area contributed by atoms with Crippen LogP contribution in [0.1, 0.15) is 43.5 Å². The van der Waals surface area contributed by atoms with Gasteiger partial charge in [-0.3, -0.25) is 9.59 Å². The average Bonchev–Trinajstić information content (AvgIpc) is 2.91. The molecule has 0 bridgehead atoms. The molecule has 5 nitrogen and oxygen atoms in total. The number of anilines is 1. The van der Waals surface area contributed by atoms with Crippen LogP contribution in [0.5, 0.6) is 0 Å². The van der Waals surface area contributed by atoms with Crippen LogP contribution in [0, 0.1) is 11.8 Å². The topological polar surface area (TPSA) is 84.2 Å². The predicted molar refractivity (Wildman–Crippen MR) is 99.8 cm³/mol. The third-order valence-corrected chi connectivity index (χ3v) is 4.31. The molecule has 0 spiro atoms. The van der Waals surface area contributed by atoms with Gasteiger partial charge < -0.3 is 16.4 Å². The first-order valence-electron chi connectivity index (χ1n) is 8.01. The first-order valence-corrected chi connectivity index (χ1v) is 8.38. The second-order valence-electron chi connectivity index (χ2n) is 6.56. The molecule has 1 aromatic carbocycles. The molecule has 1 aliphatic carbocycles. The van der Waals surface area contributed by atoms with Gasteiger partial charge in [-0.1, -0.05) is 25.4 Å². The highest BCUT2D eigenvalue weighted by Crippen LogP contribution is 2.27. The van der Waals surface area contributed by atoms with Crippen molar-refractivity contribution >= 4 is 41.5 Å². The third kappa shape index (κ3) is 5.65. The van der Waals surface area contributed by atoms with Gasteiger partial charge in [-0.15, -0.1) is 12.4 Å². The smallest absolute Gasteiger partial charge is 0.252 e. The van der Waals surface area contributed by atoms with Gasteiger partial charge in [0.2, 0.25) is 5.91 Å². The van der Waals surface area contributed by atoms with Crippen LogP contribution in [0.25, 0.3) is 0 Å². The molecule has 7 heteroatoms. The van der Waals surface area contributed by atoms with E-state index in [9.17, 15) is 9.59 Å². The van der Waals surface area contributed by atoms with Crippen molar-refractivity contribution in [2.24, 2.45) is 17.6 Å². The summed E-state index contributed by atoms with van der Waals surface area (Å²) in [5, 5.41) is 6.00. The molecule has 2 atom stereocenters. The van der Waals surface area contributed by atoms with Crippen molar-refractivity contribution in [3.63, 3.8) is 0 Å². The highest BCUT2D eigenvalue weighted by atomic mass is 35.5. The van der Waals surface area contributed by atoms with Crippen LogP contribution in [-0.2, 0) is 4.79 Å². The Labute approximate surface area is 154 Å². The Morgan fingerprint density at radius 2 is 2.04 bits per heavy atom. The zero-order chi connectivity index (χ0) is 17.0. The molecule has 1 saturated carbocycles. The quantitative estimate of drug-likeness (QED) is 0.740. The predicted octanol–water partition coefficient (Wildman–Crippen LogP) is 3.21. The van der Waals surface area contributed by atoms with Gasteiger partial charge in [-0.2, -0.15) is 0 Å². The molecule has 1 aromatic rings. The van der Waals surface area contributed by atoms with Gasteiger partial charge in [0.25, 0.3) is 5.91 Å². The second kappa shape index (κ2) is 9.25. The molecule has 4 N–H and O–H groups in total. The third-order valence-electron chi connectivity index (χ3n) is 4.00. The summed E-state index contributed by atoms with van der Waals surface area (Å²) >= 11 is 6.17. The van der Waals surface area contributed by atoms with Crippen molar-refractivity contribution in [1.29, 1.82) is 0 Å². The van der Waals surface area contributed by atoms with Crippen molar-refractivity contribution in [2.75, 3.05) is 11.9 Å². The summed E-state index contributed by atoms with van der Waals surface area (Å²) < 4.78 is 0. The fourth-order valence-corrected chi connectivity index (χ4v) is 2.93. The maximum atomic E-state index is 12.2. The number of hydrogen-bond donors (Lipinski definition) is 3. The number of benzene rings is 1. The van der Waals surface area contributed by atoms with Crippen molar-refractivity contribution in [2.45, 2.75) is 39.2 Å². The number of nitrogens with one attached hydrogen (secondary N) is 2. The average molecular weight is 374 g/mol. The van der Waals surface area contributed by atoms with Crippen molar-refractivity contribution in [3.8, 4) is 0 Å². The van der Waals surface area contributed by atoms with Gasteiger partial charge in [-0.25, -0.2) is 0 Å². The van der Waals surface area contributed by atoms with Crippen molar-refractivity contribution in [1.82, 2.24) is 5.32 Å². The van der Waals surface area contributed by atoms with Gasteiger partial charge in [0.05, 0.1) is 10.6 Å². The molecule has 0 radical (unpaired) electrons. The van der Waals surface area contributed by atoms with Gasteiger partial charge in [0, 0.05) is 24.2 Å². The zero-order valence-corrected chi connectivity index (χ0v) is 15.5. The molecule has 24 heavy (non-hydrogen) atoms. The maximum absolute atomic E-state index is 12.2.